The molecule has 0 aromatic heterocycles. The summed E-state index contributed by atoms with van der Waals surface area (Å²) in [4.78, 5) is 10.4. The highest BCUT2D eigenvalue weighted by Crippen LogP contribution is 2.24. The summed E-state index contributed by atoms with van der Waals surface area (Å²) in [6.45, 7) is 0.444. The molecule has 2 rings (SSSR count). The molecule has 86 valence electrons. The average Bonchev–Trinajstić information content (AvgIpc) is 2.39. The Hall–Kier alpha value is -2.36. The zero-order valence-corrected chi connectivity index (χ0v) is 9.13. The quantitative estimate of drug-likeness (QED) is 0.788. The van der Waals surface area contributed by atoms with Crippen molar-refractivity contribution < 1.29 is 5.11 Å². The number of nitrogens with zero attached hydrogens (tertiary/aromatic N) is 1. The summed E-state index contributed by atoms with van der Waals surface area (Å²) in [5.41, 5.74) is 1.91. The van der Waals surface area contributed by atoms with Gasteiger partial charge >= 0.3 is 0 Å². The normalized spacial score (nSPS) is 9.88. The lowest BCUT2D eigenvalue weighted by atomic mass is 10.1. The highest BCUT2D eigenvalue weighted by Gasteiger charge is 2.03. The summed E-state index contributed by atoms with van der Waals surface area (Å²) in [6, 6.07) is 14.2. The summed E-state index contributed by atoms with van der Waals surface area (Å²) in [7, 11) is 0. The first-order valence-corrected chi connectivity index (χ1v) is 5.24. The molecule has 0 radical (unpaired) electrons. The second-order valence-electron chi connectivity index (χ2n) is 3.62. The van der Waals surface area contributed by atoms with Gasteiger partial charge in [-0.05, 0) is 35.5 Å². The Balaban J connectivity index is 2.11. The van der Waals surface area contributed by atoms with E-state index in [9.17, 15) is 10.0 Å². The van der Waals surface area contributed by atoms with E-state index in [1.807, 2.05) is 30.3 Å². The van der Waals surface area contributed by atoms with Crippen LogP contribution in [-0.4, -0.2) is 5.11 Å². The van der Waals surface area contributed by atoms with E-state index in [4.69, 9.17) is 0 Å². The van der Waals surface area contributed by atoms with Gasteiger partial charge in [-0.1, -0.05) is 18.2 Å². The SMILES string of the molecule is O=Nc1ccc(O)c(CNc2ccccc2)c1. The topological polar surface area (TPSA) is 61.7 Å². The van der Waals surface area contributed by atoms with Crippen LogP contribution in [0.4, 0.5) is 11.4 Å². The number of anilines is 1. The lowest BCUT2D eigenvalue weighted by molar-refractivity contribution is 0.469. The molecule has 0 saturated carbocycles. The first kappa shape index (κ1) is 11.1. The van der Waals surface area contributed by atoms with Crippen LogP contribution in [0.3, 0.4) is 0 Å². The van der Waals surface area contributed by atoms with Crippen molar-refractivity contribution in [3.8, 4) is 5.75 Å². The van der Waals surface area contributed by atoms with E-state index in [1.54, 1.807) is 6.07 Å². The summed E-state index contributed by atoms with van der Waals surface area (Å²) >= 11 is 0. The molecule has 2 aromatic carbocycles. The Morgan fingerprint density at radius 3 is 2.59 bits per heavy atom. The number of aromatic hydroxyl groups is 1. The molecule has 0 unspecified atom stereocenters. The number of phenols is 1. The van der Waals surface area contributed by atoms with Gasteiger partial charge in [-0.2, -0.15) is 0 Å². The molecule has 0 bridgehead atoms. The van der Waals surface area contributed by atoms with Crippen LogP contribution in [0.25, 0.3) is 0 Å². The third kappa shape index (κ3) is 2.81. The largest absolute Gasteiger partial charge is 0.508 e. The van der Waals surface area contributed by atoms with Crippen LogP contribution in [-0.2, 0) is 6.54 Å². The molecule has 17 heavy (non-hydrogen) atoms. The maximum absolute atomic E-state index is 10.4. The minimum atomic E-state index is 0.154. The van der Waals surface area contributed by atoms with Crippen LogP contribution in [0.15, 0.2) is 53.7 Å². The molecule has 0 amide bonds. The minimum Gasteiger partial charge on any atom is -0.508 e. The predicted octanol–water partition coefficient (Wildman–Crippen LogP) is 3.40. The van der Waals surface area contributed by atoms with E-state index in [2.05, 4.69) is 10.5 Å². The number of nitroso groups, excluding NO2 is 1. The van der Waals surface area contributed by atoms with Gasteiger partial charge in [0.2, 0.25) is 0 Å². The zero-order chi connectivity index (χ0) is 12.1. The second kappa shape index (κ2) is 5.12. The van der Waals surface area contributed by atoms with Crippen LogP contribution < -0.4 is 5.32 Å². The van der Waals surface area contributed by atoms with Crippen LogP contribution in [0, 0.1) is 4.91 Å². The lowest BCUT2D eigenvalue weighted by Gasteiger charge is -2.08. The summed E-state index contributed by atoms with van der Waals surface area (Å²) in [5, 5.41) is 15.6. The van der Waals surface area contributed by atoms with Gasteiger partial charge in [0.25, 0.3) is 0 Å². The molecule has 0 aliphatic carbocycles. The van der Waals surface area contributed by atoms with Gasteiger partial charge in [0, 0.05) is 17.8 Å². The highest BCUT2D eigenvalue weighted by molar-refractivity contribution is 5.49. The van der Waals surface area contributed by atoms with Gasteiger partial charge in [-0.25, -0.2) is 0 Å². The Bertz CT molecular complexity index is 512. The Labute approximate surface area is 98.9 Å². The number of rotatable bonds is 4. The lowest BCUT2D eigenvalue weighted by Crippen LogP contribution is -1.99. The highest BCUT2D eigenvalue weighted by atomic mass is 16.3. The predicted molar refractivity (Wildman–Crippen MR) is 67.3 cm³/mol. The van der Waals surface area contributed by atoms with Gasteiger partial charge < -0.3 is 10.4 Å². The van der Waals surface area contributed by atoms with Crippen LogP contribution in [0.5, 0.6) is 5.75 Å². The molecule has 0 aliphatic rings. The molecular formula is C13H12N2O2. The van der Waals surface area contributed by atoms with Gasteiger partial charge in [-0.15, -0.1) is 4.91 Å². The monoisotopic (exact) mass is 228 g/mol. The molecule has 0 atom stereocenters. The van der Waals surface area contributed by atoms with Crippen LogP contribution >= 0.6 is 0 Å². The number of nitrogens with one attached hydrogen (secondary N) is 1. The summed E-state index contributed by atoms with van der Waals surface area (Å²) < 4.78 is 0. The molecule has 0 aliphatic heterocycles. The van der Waals surface area contributed by atoms with E-state index in [-0.39, 0.29) is 5.75 Å². The second-order valence-corrected chi connectivity index (χ2v) is 3.62. The fourth-order valence-electron chi connectivity index (χ4n) is 1.52. The zero-order valence-electron chi connectivity index (χ0n) is 9.13. The molecular weight excluding hydrogens is 216 g/mol. The molecule has 4 heteroatoms. The van der Waals surface area contributed by atoms with Crippen LogP contribution in [0.2, 0.25) is 0 Å². The summed E-state index contributed by atoms with van der Waals surface area (Å²) in [6.07, 6.45) is 0. The van der Waals surface area contributed by atoms with Gasteiger partial charge in [0.15, 0.2) is 0 Å². The molecule has 0 saturated heterocycles. The summed E-state index contributed by atoms with van der Waals surface area (Å²) in [5.74, 6) is 0.154. The third-order valence-corrected chi connectivity index (χ3v) is 2.43. The first-order valence-electron chi connectivity index (χ1n) is 5.24. The van der Waals surface area contributed by atoms with Crippen molar-refractivity contribution in [3.05, 3.63) is 59.0 Å². The fourth-order valence-corrected chi connectivity index (χ4v) is 1.52. The van der Waals surface area contributed by atoms with E-state index < -0.39 is 0 Å². The number of hydrogen-bond acceptors (Lipinski definition) is 4. The van der Waals surface area contributed by atoms with E-state index in [0.717, 1.165) is 5.69 Å². The minimum absolute atomic E-state index is 0.154. The Morgan fingerprint density at radius 1 is 1.12 bits per heavy atom. The van der Waals surface area contributed by atoms with Gasteiger partial charge in [0.05, 0.1) is 0 Å². The van der Waals surface area contributed by atoms with Gasteiger partial charge in [0.1, 0.15) is 11.4 Å². The van der Waals surface area contributed by atoms with Crippen molar-refractivity contribution in [2.45, 2.75) is 6.54 Å². The maximum atomic E-state index is 10.4. The van der Waals surface area contributed by atoms with E-state index >= 15 is 0 Å². The molecule has 2 N–H and O–H groups in total. The average molecular weight is 228 g/mol. The number of hydrogen-bond donors (Lipinski definition) is 2. The standard InChI is InChI=1S/C13H12N2O2/c16-13-7-6-12(15-17)8-10(13)9-14-11-4-2-1-3-5-11/h1-8,14,16H,9H2. The van der Waals surface area contributed by atoms with E-state index in [0.29, 0.717) is 17.8 Å². The van der Waals surface area contributed by atoms with Crippen molar-refractivity contribution in [1.82, 2.24) is 0 Å². The maximum Gasteiger partial charge on any atom is 0.120 e. The van der Waals surface area contributed by atoms with Crippen molar-refractivity contribution in [2.24, 2.45) is 5.18 Å². The molecule has 0 spiro atoms. The number of para-hydroxylation sites is 1. The van der Waals surface area contributed by atoms with Crippen molar-refractivity contribution >= 4 is 11.4 Å². The van der Waals surface area contributed by atoms with Crippen molar-refractivity contribution in [1.29, 1.82) is 0 Å². The molecule has 0 fully saturated rings. The third-order valence-electron chi connectivity index (χ3n) is 2.43. The number of benzene rings is 2. The molecule has 2 aromatic rings. The van der Waals surface area contributed by atoms with Gasteiger partial charge in [-0.3, -0.25) is 0 Å². The fraction of sp³-hybridized carbons (Fsp3) is 0.0769. The molecule has 4 nitrogen and oxygen atoms in total. The Morgan fingerprint density at radius 2 is 1.88 bits per heavy atom. The first-order chi connectivity index (χ1) is 8.29. The van der Waals surface area contributed by atoms with Crippen molar-refractivity contribution in [3.63, 3.8) is 0 Å². The van der Waals surface area contributed by atoms with Crippen LogP contribution in [0.1, 0.15) is 5.56 Å². The molecule has 0 heterocycles. The smallest absolute Gasteiger partial charge is 0.120 e. The number of phenolic OH excluding ortho intramolecular Hbond substituents is 1. The Kier molecular flexibility index (Phi) is 3.35. The van der Waals surface area contributed by atoms with E-state index in [1.165, 1.54) is 12.1 Å². The van der Waals surface area contributed by atoms with Crippen molar-refractivity contribution in [2.75, 3.05) is 5.32 Å².